The zero-order valence-corrected chi connectivity index (χ0v) is 12.6. The number of carbonyl (C=O) groups excluding carboxylic acids is 1. The molecule has 3 rings (SSSR count). The van der Waals surface area contributed by atoms with Crippen LogP contribution < -0.4 is 10.2 Å². The fourth-order valence-corrected chi connectivity index (χ4v) is 2.57. The van der Waals surface area contributed by atoms with Crippen LogP contribution in [0.5, 0.6) is 0 Å². The Morgan fingerprint density at radius 3 is 2.73 bits per heavy atom. The van der Waals surface area contributed by atoms with E-state index in [1.54, 1.807) is 18.3 Å². The van der Waals surface area contributed by atoms with Gasteiger partial charge in [-0.15, -0.1) is 0 Å². The number of anilines is 2. The number of ether oxygens (including phenoxy) is 1. The van der Waals surface area contributed by atoms with E-state index >= 15 is 0 Å². The molecule has 0 saturated carbocycles. The number of rotatable bonds is 3. The Balaban J connectivity index is 1.83. The van der Waals surface area contributed by atoms with E-state index in [0.717, 1.165) is 30.2 Å². The molecule has 0 spiro atoms. The number of amides is 1. The van der Waals surface area contributed by atoms with E-state index in [4.69, 9.17) is 4.74 Å². The summed E-state index contributed by atoms with van der Waals surface area (Å²) in [6.07, 6.45) is 1.69. The molecule has 1 aliphatic rings. The molecule has 0 radical (unpaired) electrons. The fourth-order valence-electron chi connectivity index (χ4n) is 2.57. The number of morpholine rings is 1. The number of benzene rings is 1. The second-order valence-corrected chi connectivity index (χ2v) is 5.21. The van der Waals surface area contributed by atoms with Gasteiger partial charge in [-0.1, -0.05) is 12.1 Å². The van der Waals surface area contributed by atoms with Gasteiger partial charge in [-0.2, -0.15) is 0 Å². The van der Waals surface area contributed by atoms with Gasteiger partial charge < -0.3 is 15.0 Å². The molecule has 1 fully saturated rings. The lowest BCUT2D eigenvalue weighted by atomic mass is 10.1. The lowest BCUT2D eigenvalue weighted by Gasteiger charge is -2.30. The quantitative estimate of drug-likeness (QED) is 0.945. The third-order valence-corrected chi connectivity index (χ3v) is 3.76. The molecule has 1 N–H and O–H groups in total. The summed E-state index contributed by atoms with van der Waals surface area (Å²) in [6.45, 7) is 4.92. The monoisotopic (exact) mass is 297 g/mol. The first kappa shape index (κ1) is 14.5. The Kier molecular flexibility index (Phi) is 4.34. The Hall–Kier alpha value is -2.40. The van der Waals surface area contributed by atoms with Crippen LogP contribution in [-0.2, 0) is 4.74 Å². The molecule has 2 aromatic rings. The summed E-state index contributed by atoms with van der Waals surface area (Å²) in [4.78, 5) is 18.9. The summed E-state index contributed by atoms with van der Waals surface area (Å²) < 4.78 is 5.39. The predicted molar refractivity (Wildman–Crippen MR) is 86.4 cm³/mol. The van der Waals surface area contributed by atoms with Crippen LogP contribution in [0.3, 0.4) is 0 Å². The Morgan fingerprint density at radius 1 is 1.18 bits per heavy atom. The van der Waals surface area contributed by atoms with Gasteiger partial charge in [0.05, 0.1) is 30.2 Å². The molecule has 22 heavy (non-hydrogen) atoms. The number of carbonyl (C=O) groups is 1. The molecule has 5 heteroatoms. The summed E-state index contributed by atoms with van der Waals surface area (Å²) in [5.74, 6) is -0.133. The van der Waals surface area contributed by atoms with Crippen molar-refractivity contribution in [2.75, 3.05) is 36.5 Å². The maximum atomic E-state index is 12.5. The number of aryl methyl sites for hydroxylation is 1. The molecule has 114 valence electrons. The Bertz CT molecular complexity index is 666. The van der Waals surface area contributed by atoms with Crippen molar-refractivity contribution in [1.82, 2.24) is 4.98 Å². The van der Waals surface area contributed by atoms with Crippen molar-refractivity contribution in [3.63, 3.8) is 0 Å². The van der Waals surface area contributed by atoms with Crippen molar-refractivity contribution in [3.05, 3.63) is 53.9 Å². The molecule has 1 aromatic carbocycles. The number of pyridine rings is 1. The third kappa shape index (κ3) is 3.09. The van der Waals surface area contributed by atoms with Crippen LogP contribution in [0.4, 0.5) is 11.4 Å². The van der Waals surface area contributed by atoms with Gasteiger partial charge in [-0.25, -0.2) is 0 Å². The molecule has 1 amide bonds. The van der Waals surface area contributed by atoms with Gasteiger partial charge in [0.1, 0.15) is 0 Å². The van der Waals surface area contributed by atoms with E-state index in [9.17, 15) is 4.79 Å². The van der Waals surface area contributed by atoms with Crippen molar-refractivity contribution >= 4 is 17.3 Å². The molecule has 2 heterocycles. The number of nitrogens with zero attached hydrogens (tertiary/aromatic N) is 2. The molecule has 0 aliphatic carbocycles. The van der Waals surface area contributed by atoms with Gasteiger partial charge in [-0.05, 0) is 31.2 Å². The lowest BCUT2D eigenvalue weighted by Crippen LogP contribution is -2.36. The van der Waals surface area contributed by atoms with Gasteiger partial charge in [0, 0.05) is 25.0 Å². The highest BCUT2D eigenvalue weighted by atomic mass is 16.5. The van der Waals surface area contributed by atoms with Crippen LogP contribution in [0.2, 0.25) is 0 Å². The first-order valence-electron chi connectivity index (χ1n) is 7.40. The molecule has 0 bridgehead atoms. The van der Waals surface area contributed by atoms with Crippen molar-refractivity contribution < 1.29 is 9.53 Å². The molecule has 0 unspecified atom stereocenters. The van der Waals surface area contributed by atoms with Gasteiger partial charge >= 0.3 is 0 Å². The van der Waals surface area contributed by atoms with Crippen LogP contribution in [0, 0.1) is 6.92 Å². The zero-order chi connectivity index (χ0) is 15.4. The highest BCUT2D eigenvalue weighted by molar-refractivity contribution is 6.06. The van der Waals surface area contributed by atoms with E-state index in [2.05, 4.69) is 15.2 Å². The maximum Gasteiger partial charge on any atom is 0.257 e. The first-order chi connectivity index (χ1) is 10.8. The highest BCUT2D eigenvalue weighted by Crippen LogP contribution is 2.26. The van der Waals surface area contributed by atoms with Crippen LogP contribution in [-0.4, -0.2) is 37.2 Å². The minimum absolute atomic E-state index is 0.133. The summed E-state index contributed by atoms with van der Waals surface area (Å²) in [5.41, 5.74) is 3.17. The van der Waals surface area contributed by atoms with E-state index in [0.29, 0.717) is 18.8 Å². The zero-order valence-electron chi connectivity index (χ0n) is 12.6. The molecular formula is C17H19N3O2. The number of hydrogen-bond donors (Lipinski definition) is 1. The van der Waals surface area contributed by atoms with E-state index in [1.165, 1.54) is 0 Å². The smallest absolute Gasteiger partial charge is 0.257 e. The average molecular weight is 297 g/mol. The second kappa shape index (κ2) is 6.58. The highest BCUT2D eigenvalue weighted by Gasteiger charge is 2.17. The van der Waals surface area contributed by atoms with Crippen LogP contribution in [0.25, 0.3) is 0 Å². The average Bonchev–Trinajstić information content (AvgIpc) is 2.56. The van der Waals surface area contributed by atoms with Crippen molar-refractivity contribution in [1.29, 1.82) is 0 Å². The summed E-state index contributed by atoms with van der Waals surface area (Å²) in [7, 11) is 0. The summed E-state index contributed by atoms with van der Waals surface area (Å²) in [6, 6.07) is 11.4. The van der Waals surface area contributed by atoms with E-state index in [-0.39, 0.29) is 5.91 Å². The topological polar surface area (TPSA) is 54.5 Å². The molecule has 1 aromatic heterocycles. The Morgan fingerprint density at radius 2 is 1.95 bits per heavy atom. The standard InChI is InChI=1S/C17H19N3O2/c1-13-14(5-4-8-18-13)17(21)19-15-6-2-3-7-16(15)20-9-11-22-12-10-20/h2-8H,9-12H2,1H3,(H,19,21). The van der Waals surface area contributed by atoms with Gasteiger partial charge in [0.2, 0.25) is 0 Å². The number of nitrogens with one attached hydrogen (secondary N) is 1. The molecule has 5 nitrogen and oxygen atoms in total. The van der Waals surface area contributed by atoms with Gasteiger partial charge in [0.15, 0.2) is 0 Å². The number of aromatic nitrogens is 1. The predicted octanol–water partition coefficient (Wildman–Crippen LogP) is 2.48. The normalized spacial score (nSPS) is 14.7. The first-order valence-corrected chi connectivity index (χ1v) is 7.40. The van der Waals surface area contributed by atoms with E-state index in [1.807, 2.05) is 31.2 Å². The minimum Gasteiger partial charge on any atom is -0.378 e. The van der Waals surface area contributed by atoms with Crippen molar-refractivity contribution in [3.8, 4) is 0 Å². The largest absolute Gasteiger partial charge is 0.378 e. The van der Waals surface area contributed by atoms with Crippen molar-refractivity contribution in [2.45, 2.75) is 6.92 Å². The van der Waals surface area contributed by atoms with Crippen molar-refractivity contribution in [2.24, 2.45) is 0 Å². The van der Waals surface area contributed by atoms with Gasteiger partial charge in [0.25, 0.3) is 5.91 Å². The summed E-state index contributed by atoms with van der Waals surface area (Å²) in [5, 5.41) is 3.00. The number of para-hydroxylation sites is 2. The summed E-state index contributed by atoms with van der Waals surface area (Å²) >= 11 is 0. The molecule has 0 atom stereocenters. The maximum absolute atomic E-state index is 12.5. The molecule has 1 saturated heterocycles. The van der Waals surface area contributed by atoms with E-state index < -0.39 is 0 Å². The Labute approximate surface area is 129 Å². The second-order valence-electron chi connectivity index (χ2n) is 5.21. The lowest BCUT2D eigenvalue weighted by molar-refractivity contribution is 0.102. The van der Waals surface area contributed by atoms with Gasteiger partial charge in [-0.3, -0.25) is 9.78 Å². The minimum atomic E-state index is -0.133. The molecular weight excluding hydrogens is 278 g/mol. The fraction of sp³-hybridized carbons (Fsp3) is 0.294. The molecule has 1 aliphatic heterocycles. The SMILES string of the molecule is Cc1ncccc1C(=O)Nc1ccccc1N1CCOCC1. The van der Waals surface area contributed by atoms with Crippen LogP contribution >= 0.6 is 0 Å². The third-order valence-electron chi connectivity index (χ3n) is 3.76. The van der Waals surface area contributed by atoms with Crippen LogP contribution in [0.15, 0.2) is 42.6 Å². The number of hydrogen-bond acceptors (Lipinski definition) is 4. The van der Waals surface area contributed by atoms with Crippen LogP contribution in [0.1, 0.15) is 16.1 Å².